The number of hydrogen-bond acceptors (Lipinski definition) is 6. The normalized spacial score (nSPS) is 14.8. The van der Waals surface area contributed by atoms with E-state index in [1.807, 2.05) is 30.3 Å². The highest BCUT2D eigenvalue weighted by atomic mass is 32.2. The van der Waals surface area contributed by atoms with Gasteiger partial charge in [-0.05, 0) is 43.3 Å². The van der Waals surface area contributed by atoms with Crippen LogP contribution in [0.3, 0.4) is 0 Å². The Kier molecular flexibility index (Phi) is 7.50. The molecule has 3 aromatic rings. The summed E-state index contributed by atoms with van der Waals surface area (Å²) in [6.45, 7) is 4.41. The summed E-state index contributed by atoms with van der Waals surface area (Å²) in [6, 6.07) is 17.3. The Morgan fingerprint density at radius 3 is 2.52 bits per heavy atom. The Morgan fingerprint density at radius 1 is 1.06 bits per heavy atom. The molecule has 1 saturated heterocycles. The lowest BCUT2D eigenvalue weighted by atomic mass is 10.1. The first-order valence-electron chi connectivity index (χ1n) is 10.8. The third kappa shape index (κ3) is 6.26. The molecule has 2 heterocycles. The average Bonchev–Trinajstić information content (AvgIpc) is 3.34. The number of hydrogen-bond donors (Lipinski definition) is 3. The number of anilines is 1. The summed E-state index contributed by atoms with van der Waals surface area (Å²) in [5.41, 5.74) is 2.37. The first-order valence-corrected chi connectivity index (χ1v) is 12.3. The Labute approximate surface area is 193 Å². The number of morpholine rings is 1. The molecule has 1 aliphatic rings. The fourth-order valence-corrected chi connectivity index (χ4v) is 4.60. The molecular weight excluding hydrogens is 442 g/mol. The van der Waals surface area contributed by atoms with Crippen molar-refractivity contribution in [3.05, 3.63) is 66.4 Å². The minimum atomic E-state index is -3.61. The molecule has 0 bridgehead atoms. The summed E-state index contributed by atoms with van der Waals surface area (Å²) in [6.07, 6.45) is 0.725. The summed E-state index contributed by atoms with van der Waals surface area (Å²) in [7, 11) is -3.61. The summed E-state index contributed by atoms with van der Waals surface area (Å²) < 4.78 is 33.0. The van der Waals surface area contributed by atoms with Crippen molar-refractivity contribution >= 4 is 21.6 Å². The second kappa shape index (κ2) is 10.7. The molecule has 0 atom stereocenters. The van der Waals surface area contributed by atoms with Crippen LogP contribution < -0.4 is 10.0 Å². The molecule has 1 aliphatic heterocycles. The lowest BCUT2D eigenvalue weighted by molar-refractivity contribution is 0.0376. The molecule has 0 saturated carbocycles. The van der Waals surface area contributed by atoms with Crippen LogP contribution in [0.1, 0.15) is 16.9 Å². The van der Waals surface area contributed by atoms with Crippen LogP contribution in [-0.2, 0) is 14.8 Å². The van der Waals surface area contributed by atoms with Gasteiger partial charge in [-0.1, -0.05) is 30.3 Å². The van der Waals surface area contributed by atoms with Gasteiger partial charge < -0.3 is 10.1 Å². The minimum Gasteiger partial charge on any atom is -0.379 e. The molecule has 0 spiro atoms. The number of aromatic amines is 1. The van der Waals surface area contributed by atoms with Crippen LogP contribution in [0.5, 0.6) is 0 Å². The average molecular weight is 470 g/mol. The zero-order valence-electron chi connectivity index (χ0n) is 18.2. The van der Waals surface area contributed by atoms with E-state index in [9.17, 15) is 13.2 Å². The minimum absolute atomic E-state index is 0.153. The fourth-order valence-electron chi connectivity index (χ4n) is 3.53. The number of nitrogens with one attached hydrogen (secondary N) is 3. The van der Waals surface area contributed by atoms with Gasteiger partial charge in [0, 0.05) is 30.9 Å². The molecule has 0 radical (unpaired) electrons. The number of ether oxygens (including phenoxy) is 1. The van der Waals surface area contributed by atoms with Crippen LogP contribution in [0.2, 0.25) is 0 Å². The van der Waals surface area contributed by atoms with Crippen molar-refractivity contribution in [1.29, 1.82) is 0 Å². The molecule has 0 unspecified atom stereocenters. The van der Waals surface area contributed by atoms with E-state index < -0.39 is 10.0 Å². The van der Waals surface area contributed by atoms with E-state index in [2.05, 4.69) is 25.1 Å². The third-order valence-corrected chi connectivity index (χ3v) is 6.84. The second-order valence-corrected chi connectivity index (χ2v) is 9.48. The van der Waals surface area contributed by atoms with E-state index in [0.29, 0.717) is 23.6 Å². The second-order valence-electron chi connectivity index (χ2n) is 7.72. The molecule has 174 valence electrons. The maximum absolute atomic E-state index is 12.5. The molecular formula is C23H27N5O4S. The van der Waals surface area contributed by atoms with Crippen LogP contribution in [0.25, 0.3) is 11.3 Å². The van der Waals surface area contributed by atoms with E-state index in [0.717, 1.165) is 44.8 Å². The zero-order chi connectivity index (χ0) is 23.1. The fraction of sp³-hybridized carbons (Fsp3) is 0.304. The van der Waals surface area contributed by atoms with Crippen LogP contribution in [0.4, 0.5) is 5.69 Å². The van der Waals surface area contributed by atoms with E-state index in [-0.39, 0.29) is 10.8 Å². The summed E-state index contributed by atoms with van der Waals surface area (Å²) in [4.78, 5) is 14.9. The van der Waals surface area contributed by atoms with Crippen molar-refractivity contribution in [3.8, 4) is 11.3 Å². The van der Waals surface area contributed by atoms with Gasteiger partial charge in [0.2, 0.25) is 10.0 Å². The highest BCUT2D eigenvalue weighted by Crippen LogP contribution is 2.18. The maximum Gasteiger partial charge on any atom is 0.273 e. The molecule has 3 N–H and O–H groups in total. The van der Waals surface area contributed by atoms with Crippen LogP contribution >= 0.6 is 0 Å². The van der Waals surface area contributed by atoms with Gasteiger partial charge in [0.25, 0.3) is 5.91 Å². The van der Waals surface area contributed by atoms with Crippen molar-refractivity contribution in [3.63, 3.8) is 0 Å². The number of amides is 1. The van der Waals surface area contributed by atoms with Gasteiger partial charge in [-0.2, -0.15) is 5.10 Å². The lowest BCUT2D eigenvalue weighted by Gasteiger charge is -2.26. The lowest BCUT2D eigenvalue weighted by Crippen LogP contribution is -2.38. The summed E-state index contributed by atoms with van der Waals surface area (Å²) >= 11 is 0. The molecule has 10 heteroatoms. The van der Waals surface area contributed by atoms with Crippen LogP contribution in [0.15, 0.2) is 65.6 Å². The van der Waals surface area contributed by atoms with E-state index in [1.54, 1.807) is 18.2 Å². The van der Waals surface area contributed by atoms with Gasteiger partial charge >= 0.3 is 0 Å². The maximum atomic E-state index is 12.5. The molecule has 4 rings (SSSR count). The molecule has 33 heavy (non-hydrogen) atoms. The predicted octanol–water partition coefficient (Wildman–Crippen LogP) is 2.33. The first kappa shape index (κ1) is 23.1. The monoisotopic (exact) mass is 469 g/mol. The van der Waals surface area contributed by atoms with Gasteiger partial charge in [-0.15, -0.1) is 0 Å². The molecule has 1 amide bonds. The molecule has 1 fully saturated rings. The number of sulfonamides is 1. The van der Waals surface area contributed by atoms with Crippen molar-refractivity contribution in [2.75, 3.05) is 44.7 Å². The molecule has 0 aliphatic carbocycles. The third-order valence-electron chi connectivity index (χ3n) is 5.36. The summed E-state index contributed by atoms with van der Waals surface area (Å²) in [5.74, 6) is -0.360. The molecule has 9 nitrogen and oxygen atoms in total. The van der Waals surface area contributed by atoms with Gasteiger partial charge in [-0.3, -0.25) is 14.8 Å². The highest BCUT2D eigenvalue weighted by molar-refractivity contribution is 7.89. The van der Waals surface area contributed by atoms with E-state index in [4.69, 9.17) is 4.74 Å². The van der Waals surface area contributed by atoms with E-state index in [1.165, 1.54) is 12.1 Å². The largest absolute Gasteiger partial charge is 0.379 e. The highest BCUT2D eigenvalue weighted by Gasteiger charge is 2.16. The number of aromatic nitrogens is 2. The smallest absolute Gasteiger partial charge is 0.273 e. The number of rotatable bonds is 9. The van der Waals surface area contributed by atoms with Crippen molar-refractivity contribution < 1.29 is 17.9 Å². The van der Waals surface area contributed by atoms with Gasteiger partial charge in [0.05, 0.1) is 23.8 Å². The van der Waals surface area contributed by atoms with Crippen molar-refractivity contribution in [2.45, 2.75) is 11.3 Å². The van der Waals surface area contributed by atoms with Crippen molar-refractivity contribution in [2.24, 2.45) is 0 Å². The Hall–Kier alpha value is -3.05. The SMILES string of the molecule is O=C(Nc1ccc(S(=O)(=O)NCCCN2CCOCC2)cc1)c1cc(-c2ccccc2)n[nH]1. The van der Waals surface area contributed by atoms with Gasteiger partial charge in [0.15, 0.2) is 0 Å². The zero-order valence-corrected chi connectivity index (χ0v) is 19.0. The molecule has 2 aromatic carbocycles. The Balaban J connectivity index is 1.29. The van der Waals surface area contributed by atoms with Crippen LogP contribution in [-0.4, -0.2) is 68.8 Å². The van der Waals surface area contributed by atoms with Gasteiger partial charge in [0.1, 0.15) is 5.69 Å². The topological polar surface area (TPSA) is 116 Å². The number of carbonyl (C=O) groups excluding carboxylic acids is 1. The predicted molar refractivity (Wildman–Crippen MR) is 125 cm³/mol. The number of benzene rings is 2. The Bertz CT molecular complexity index is 1160. The number of nitrogens with zero attached hydrogens (tertiary/aromatic N) is 2. The van der Waals surface area contributed by atoms with Crippen molar-refractivity contribution in [1.82, 2.24) is 19.8 Å². The first-order chi connectivity index (χ1) is 16.0. The Morgan fingerprint density at radius 2 is 1.79 bits per heavy atom. The molecule has 1 aromatic heterocycles. The number of carbonyl (C=O) groups is 1. The summed E-state index contributed by atoms with van der Waals surface area (Å²) in [5, 5.41) is 9.66. The van der Waals surface area contributed by atoms with Crippen LogP contribution in [0, 0.1) is 0 Å². The standard InChI is InChI=1S/C23H27N5O4S/c29-23(22-17-21(26-27-22)18-5-2-1-3-6-18)25-19-7-9-20(10-8-19)33(30,31)24-11-4-12-28-13-15-32-16-14-28/h1-3,5-10,17,24H,4,11-16H2,(H,25,29)(H,26,27). The van der Waals surface area contributed by atoms with Gasteiger partial charge in [-0.25, -0.2) is 13.1 Å². The number of H-pyrrole nitrogens is 1. The van der Waals surface area contributed by atoms with E-state index >= 15 is 0 Å². The quantitative estimate of drug-likeness (QED) is 0.414.